The van der Waals surface area contributed by atoms with Gasteiger partial charge in [0, 0.05) is 38.1 Å². The van der Waals surface area contributed by atoms with Gasteiger partial charge < -0.3 is 9.80 Å². The maximum Gasteiger partial charge on any atom is 0.246 e. The van der Waals surface area contributed by atoms with Crippen LogP contribution in [0.2, 0.25) is 0 Å². The molecule has 0 radical (unpaired) electrons. The molecular formula is C20H24N4O. The number of likely N-dealkylation sites (N-methyl/N-ethyl adjacent to an activating group) is 1. The third kappa shape index (κ3) is 3.27. The topological polar surface area (TPSA) is 48.3 Å². The van der Waals surface area contributed by atoms with Crippen LogP contribution < -0.4 is 0 Å². The lowest BCUT2D eigenvalue weighted by atomic mass is 9.96. The molecule has 0 saturated carbocycles. The molecule has 5 heteroatoms. The summed E-state index contributed by atoms with van der Waals surface area (Å²) in [4.78, 5) is 25.1. The molecule has 2 aliphatic heterocycles. The molecule has 0 N–H and O–H groups in total. The van der Waals surface area contributed by atoms with Crippen molar-refractivity contribution in [3.63, 3.8) is 0 Å². The fraction of sp³-hybridized carbons (Fsp3) is 0.350. The van der Waals surface area contributed by atoms with Gasteiger partial charge >= 0.3 is 0 Å². The van der Waals surface area contributed by atoms with Crippen molar-refractivity contribution in [1.29, 1.82) is 0 Å². The van der Waals surface area contributed by atoms with E-state index in [2.05, 4.69) is 27.0 Å². The lowest BCUT2D eigenvalue weighted by molar-refractivity contribution is -0.125. The summed E-state index contributed by atoms with van der Waals surface area (Å²) in [6.07, 6.45) is 7.14. The molecule has 1 amide bonds. The average molecular weight is 336 g/mol. The highest BCUT2D eigenvalue weighted by Gasteiger charge is 2.38. The van der Waals surface area contributed by atoms with Crippen LogP contribution in [0.3, 0.4) is 0 Å². The van der Waals surface area contributed by atoms with Crippen LogP contribution >= 0.6 is 0 Å². The Morgan fingerprint density at radius 3 is 2.64 bits per heavy atom. The van der Waals surface area contributed by atoms with Crippen molar-refractivity contribution in [3.8, 4) is 0 Å². The Balaban J connectivity index is 2.01. The molecule has 2 aliphatic rings. The summed E-state index contributed by atoms with van der Waals surface area (Å²) in [7, 11) is 2.05. The molecule has 1 aromatic rings. The summed E-state index contributed by atoms with van der Waals surface area (Å²) in [5.41, 5.74) is 3.31. The van der Waals surface area contributed by atoms with Crippen molar-refractivity contribution in [2.45, 2.75) is 20.0 Å². The van der Waals surface area contributed by atoms with Gasteiger partial charge in [0.15, 0.2) is 0 Å². The molecule has 0 spiro atoms. The average Bonchev–Trinajstić information content (AvgIpc) is 2.94. The molecule has 0 aromatic heterocycles. The van der Waals surface area contributed by atoms with E-state index in [-0.39, 0.29) is 18.0 Å². The zero-order valence-corrected chi connectivity index (χ0v) is 15.0. The predicted octanol–water partition coefficient (Wildman–Crippen LogP) is 2.82. The monoisotopic (exact) mass is 336 g/mol. The molecule has 0 aliphatic carbocycles. The summed E-state index contributed by atoms with van der Waals surface area (Å²) < 4.78 is 0. The number of amides is 1. The van der Waals surface area contributed by atoms with Gasteiger partial charge in [0.25, 0.3) is 0 Å². The SMILES string of the molecule is CCN(CC)C(=O)/C=C/C1=C(c2ccccc2)N(C)C2N=CN=CC12. The maximum atomic E-state index is 12.4. The quantitative estimate of drug-likeness (QED) is 0.776. The zero-order chi connectivity index (χ0) is 17.8. The first kappa shape index (κ1) is 17.1. The second-order valence-electron chi connectivity index (χ2n) is 6.13. The Kier molecular flexibility index (Phi) is 5.12. The Morgan fingerprint density at radius 2 is 1.96 bits per heavy atom. The third-order valence-electron chi connectivity index (χ3n) is 4.76. The number of aliphatic imine (C=N–C) groups is 2. The number of benzene rings is 1. The van der Waals surface area contributed by atoms with E-state index in [1.165, 1.54) is 0 Å². The zero-order valence-electron chi connectivity index (χ0n) is 15.0. The number of nitrogens with zero attached hydrogens (tertiary/aromatic N) is 4. The summed E-state index contributed by atoms with van der Waals surface area (Å²) in [5, 5.41) is 0. The normalized spacial score (nSPS) is 22.0. The van der Waals surface area contributed by atoms with Gasteiger partial charge in [-0.15, -0.1) is 0 Å². The number of allylic oxidation sites excluding steroid dienone is 1. The van der Waals surface area contributed by atoms with E-state index >= 15 is 0 Å². The van der Waals surface area contributed by atoms with Crippen LogP contribution in [0.5, 0.6) is 0 Å². The first-order chi connectivity index (χ1) is 12.2. The van der Waals surface area contributed by atoms with Crippen LogP contribution in [-0.2, 0) is 4.79 Å². The van der Waals surface area contributed by atoms with Crippen molar-refractivity contribution in [1.82, 2.24) is 9.80 Å². The highest BCUT2D eigenvalue weighted by molar-refractivity contribution is 5.91. The van der Waals surface area contributed by atoms with Gasteiger partial charge in [-0.3, -0.25) is 4.79 Å². The first-order valence-electron chi connectivity index (χ1n) is 8.71. The van der Waals surface area contributed by atoms with E-state index < -0.39 is 0 Å². The number of fused-ring (bicyclic) bond motifs is 1. The van der Waals surface area contributed by atoms with Gasteiger partial charge in [0.2, 0.25) is 5.91 Å². The molecule has 2 heterocycles. The Hall–Kier alpha value is -2.69. The minimum Gasteiger partial charge on any atom is -0.351 e. The molecule has 5 nitrogen and oxygen atoms in total. The Morgan fingerprint density at radius 1 is 1.24 bits per heavy atom. The van der Waals surface area contributed by atoms with Crippen LogP contribution in [0, 0.1) is 5.92 Å². The molecule has 0 fully saturated rings. The van der Waals surface area contributed by atoms with E-state index in [0.29, 0.717) is 13.1 Å². The first-order valence-corrected chi connectivity index (χ1v) is 8.71. The van der Waals surface area contributed by atoms with Gasteiger partial charge in [0.05, 0.1) is 5.92 Å². The Labute approximate surface area is 149 Å². The fourth-order valence-corrected chi connectivity index (χ4v) is 3.44. The van der Waals surface area contributed by atoms with E-state index in [0.717, 1.165) is 16.8 Å². The van der Waals surface area contributed by atoms with E-state index in [1.54, 1.807) is 12.4 Å². The lowest BCUT2D eigenvalue weighted by Crippen LogP contribution is -2.31. The minimum absolute atomic E-state index is 0.00379. The summed E-state index contributed by atoms with van der Waals surface area (Å²) in [5.74, 6) is 0.0956. The summed E-state index contributed by atoms with van der Waals surface area (Å²) >= 11 is 0. The van der Waals surface area contributed by atoms with Crippen LogP contribution in [0.25, 0.3) is 5.70 Å². The molecule has 3 rings (SSSR count). The van der Waals surface area contributed by atoms with Crippen molar-refractivity contribution in [3.05, 3.63) is 53.6 Å². The molecule has 0 bridgehead atoms. The summed E-state index contributed by atoms with van der Waals surface area (Å²) in [6.45, 7) is 5.40. The third-order valence-corrected chi connectivity index (χ3v) is 4.76. The van der Waals surface area contributed by atoms with Gasteiger partial charge in [-0.2, -0.15) is 0 Å². The minimum atomic E-state index is -0.00379. The van der Waals surface area contributed by atoms with Crippen LogP contribution in [0.1, 0.15) is 19.4 Å². The van der Waals surface area contributed by atoms with Crippen LogP contribution in [-0.4, -0.2) is 54.6 Å². The molecule has 130 valence electrons. The van der Waals surface area contributed by atoms with Crippen molar-refractivity contribution in [2.75, 3.05) is 20.1 Å². The Bertz CT molecular complexity index is 744. The second kappa shape index (κ2) is 7.47. The van der Waals surface area contributed by atoms with Crippen molar-refractivity contribution >= 4 is 24.2 Å². The lowest BCUT2D eigenvalue weighted by Gasteiger charge is -2.25. The number of carbonyl (C=O) groups is 1. The van der Waals surface area contributed by atoms with E-state index in [4.69, 9.17) is 0 Å². The molecule has 2 unspecified atom stereocenters. The van der Waals surface area contributed by atoms with E-state index in [9.17, 15) is 4.79 Å². The van der Waals surface area contributed by atoms with Crippen LogP contribution in [0.4, 0.5) is 0 Å². The highest BCUT2D eigenvalue weighted by Crippen LogP contribution is 2.39. The van der Waals surface area contributed by atoms with Crippen molar-refractivity contribution in [2.24, 2.45) is 15.9 Å². The summed E-state index contributed by atoms with van der Waals surface area (Å²) in [6, 6.07) is 10.2. The van der Waals surface area contributed by atoms with Gasteiger partial charge in [-0.1, -0.05) is 36.4 Å². The maximum absolute atomic E-state index is 12.4. The van der Waals surface area contributed by atoms with Gasteiger partial charge in [-0.05, 0) is 25.0 Å². The fourth-order valence-electron chi connectivity index (χ4n) is 3.44. The second-order valence-corrected chi connectivity index (χ2v) is 6.13. The molecule has 1 aromatic carbocycles. The number of hydrogen-bond acceptors (Lipinski definition) is 4. The molecule has 0 saturated heterocycles. The van der Waals surface area contributed by atoms with Crippen molar-refractivity contribution < 1.29 is 4.79 Å². The predicted molar refractivity (Wildman–Crippen MR) is 102 cm³/mol. The number of rotatable bonds is 5. The molecule has 25 heavy (non-hydrogen) atoms. The largest absolute Gasteiger partial charge is 0.351 e. The number of carbonyl (C=O) groups excluding carboxylic acids is 1. The van der Waals surface area contributed by atoms with Gasteiger partial charge in [-0.25, -0.2) is 9.98 Å². The van der Waals surface area contributed by atoms with E-state index in [1.807, 2.05) is 56.3 Å². The molecular weight excluding hydrogens is 312 g/mol. The van der Waals surface area contributed by atoms with Gasteiger partial charge in [0.1, 0.15) is 12.5 Å². The highest BCUT2D eigenvalue weighted by atomic mass is 16.2. The number of hydrogen-bond donors (Lipinski definition) is 0. The standard InChI is InChI=1S/C20H24N4O/c1-4-24(5-2)18(25)12-11-16-17-13-21-14-22-20(17)23(3)19(16)15-9-7-6-8-10-15/h6-14,17,20H,4-5H2,1-3H3/b12-11+. The van der Waals surface area contributed by atoms with Crippen LogP contribution in [0.15, 0.2) is 58.0 Å². The molecule has 2 atom stereocenters. The smallest absolute Gasteiger partial charge is 0.246 e.